The number of thiazole rings is 1. The lowest BCUT2D eigenvalue weighted by molar-refractivity contribution is -0.0358. The van der Waals surface area contributed by atoms with Crippen LogP contribution in [0.15, 0.2) is 29.6 Å². The van der Waals surface area contributed by atoms with Gasteiger partial charge in [-0.25, -0.2) is 9.78 Å². The molecule has 1 amide bonds. The average molecular weight is 437 g/mol. The average Bonchev–Trinajstić information content (AvgIpc) is 3.14. The van der Waals surface area contributed by atoms with Crippen LogP contribution >= 0.6 is 24.0 Å². The summed E-state index contributed by atoms with van der Waals surface area (Å²) in [7, 11) is 0. The Morgan fingerprint density at radius 2 is 1.90 bits per heavy atom. The van der Waals surface area contributed by atoms with Crippen molar-refractivity contribution in [2.24, 2.45) is 0 Å². The predicted octanol–water partition coefficient (Wildman–Crippen LogP) is 4.68. The minimum atomic E-state index is -1.06. The predicted molar refractivity (Wildman–Crippen MR) is 117 cm³/mol. The van der Waals surface area contributed by atoms with E-state index in [2.05, 4.69) is 17.6 Å². The normalized spacial score (nSPS) is 17.7. The Morgan fingerprint density at radius 3 is 2.48 bits per heavy atom. The molecule has 2 aromatic rings. The SMILES string of the molecule is Cc1ccc(OC(S)c2csc(C3(O)CCN(C(=O)OC(C)(C)C)CC3)n2)cc1. The molecule has 0 radical (unpaired) electrons. The van der Waals surface area contributed by atoms with Crippen molar-refractivity contribution in [3.63, 3.8) is 0 Å². The first kappa shape index (κ1) is 21.9. The molecule has 0 bridgehead atoms. The molecule has 1 fully saturated rings. The number of carbonyl (C=O) groups excluding carboxylic acids is 1. The van der Waals surface area contributed by atoms with E-state index in [4.69, 9.17) is 9.47 Å². The van der Waals surface area contributed by atoms with Crippen LogP contribution in [0.1, 0.15) is 55.3 Å². The molecule has 3 rings (SSSR count). The van der Waals surface area contributed by atoms with Gasteiger partial charge in [0, 0.05) is 31.3 Å². The number of amides is 1. The van der Waals surface area contributed by atoms with E-state index in [1.807, 2.05) is 57.3 Å². The topological polar surface area (TPSA) is 71.9 Å². The third-order valence-corrected chi connectivity index (χ3v) is 6.11. The summed E-state index contributed by atoms with van der Waals surface area (Å²) in [5.74, 6) is 0.717. The summed E-state index contributed by atoms with van der Waals surface area (Å²) in [5.41, 5.74) is -0.290. The van der Waals surface area contributed by atoms with Crippen molar-refractivity contribution in [2.75, 3.05) is 13.1 Å². The van der Waals surface area contributed by atoms with Gasteiger partial charge >= 0.3 is 6.09 Å². The van der Waals surface area contributed by atoms with E-state index in [1.165, 1.54) is 11.3 Å². The molecule has 158 valence electrons. The molecule has 0 aliphatic carbocycles. The molecule has 8 heteroatoms. The lowest BCUT2D eigenvalue weighted by Crippen LogP contribution is -2.46. The Morgan fingerprint density at radius 1 is 1.28 bits per heavy atom. The Kier molecular flexibility index (Phi) is 6.45. The number of likely N-dealkylation sites (tertiary alicyclic amines) is 1. The highest BCUT2D eigenvalue weighted by molar-refractivity contribution is 7.80. The first-order valence-corrected chi connectivity index (χ1v) is 11.0. The number of aromatic nitrogens is 1. The molecule has 1 atom stereocenters. The van der Waals surface area contributed by atoms with E-state index in [0.29, 0.717) is 36.6 Å². The number of thiol groups is 1. The fourth-order valence-electron chi connectivity index (χ4n) is 3.02. The molecule has 2 heterocycles. The van der Waals surface area contributed by atoms with E-state index >= 15 is 0 Å². The number of carbonyl (C=O) groups is 1. The van der Waals surface area contributed by atoms with Crippen molar-refractivity contribution in [1.29, 1.82) is 0 Å². The molecule has 1 aromatic heterocycles. The summed E-state index contributed by atoms with van der Waals surface area (Å²) in [5, 5.41) is 13.6. The molecular weight excluding hydrogens is 408 g/mol. The van der Waals surface area contributed by atoms with Crippen LogP contribution in [-0.4, -0.2) is 39.8 Å². The summed E-state index contributed by atoms with van der Waals surface area (Å²) in [6, 6.07) is 7.74. The van der Waals surface area contributed by atoms with Crippen LogP contribution in [0.2, 0.25) is 0 Å². The molecule has 1 aliphatic rings. The van der Waals surface area contributed by atoms with Gasteiger partial charge in [0.15, 0.2) is 5.44 Å². The van der Waals surface area contributed by atoms with Gasteiger partial charge in [-0.2, -0.15) is 0 Å². The number of hydrogen-bond donors (Lipinski definition) is 2. The van der Waals surface area contributed by atoms with Gasteiger partial charge < -0.3 is 19.5 Å². The number of ether oxygens (including phenoxy) is 2. The van der Waals surface area contributed by atoms with Crippen LogP contribution in [0.3, 0.4) is 0 Å². The molecule has 1 unspecified atom stereocenters. The maximum Gasteiger partial charge on any atom is 0.410 e. The maximum atomic E-state index is 12.2. The fraction of sp³-hybridized carbons (Fsp3) is 0.524. The molecule has 1 aliphatic heterocycles. The van der Waals surface area contributed by atoms with Crippen molar-refractivity contribution in [3.05, 3.63) is 45.9 Å². The smallest absolute Gasteiger partial charge is 0.410 e. The van der Waals surface area contributed by atoms with Crippen LogP contribution in [0.4, 0.5) is 4.79 Å². The van der Waals surface area contributed by atoms with Gasteiger partial charge in [0.25, 0.3) is 0 Å². The Hall–Kier alpha value is -1.77. The highest BCUT2D eigenvalue weighted by atomic mass is 32.1. The molecule has 6 nitrogen and oxygen atoms in total. The van der Waals surface area contributed by atoms with E-state index in [0.717, 1.165) is 11.3 Å². The number of nitrogens with zero attached hydrogens (tertiary/aromatic N) is 2. The van der Waals surface area contributed by atoms with E-state index < -0.39 is 16.6 Å². The number of piperidine rings is 1. The van der Waals surface area contributed by atoms with Gasteiger partial charge in [0.2, 0.25) is 0 Å². The lowest BCUT2D eigenvalue weighted by atomic mass is 9.92. The highest BCUT2D eigenvalue weighted by Gasteiger charge is 2.39. The van der Waals surface area contributed by atoms with E-state index in [1.54, 1.807) is 4.90 Å². The second kappa shape index (κ2) is 8.53. The van der Waals surface area contributed by atoms with Gasteiger partial charge in [-0.05, 0) is 39.8 Å². The van der Waals surface area contributed by atoms with Gasteiger partial charge in [0.1, 0.15) is 27.7 Å². The Labute approximate surface area is 181 Å². The summed E-state index contributed by atoms with van der Waals surface area (Å²) in [4.78, 5) is 18.4. The number of benzene rings is 1. The zero-order chi connectivity index (χ0) is 21.2. The molecule has 1 aromatic carbocycles. The van der Waals surface area contributed by atoms with Gasteiger partial charge in [-0.1, -0.05) is 17.7 Å². The minimum absolute atomic E-state index is 0.346. The van der Waals surface area contributed by atoms with E-state index in [-0.39, 0.29) is 6.09 Å². The van der Waals surface area contributed by atoms with Crippen LogP contribution in [0, 0.1) is 6.92 Å². The molecular formula is C21H28N2O4S2. The van der Waals surface area contributed by atoms with Crippen LogP contribution < -0.4 is 4.74 Å². The lowest BCUT2D eigenvalue weighted by Gasteiger charge is -2.37. The van der Waals surface area contributed by atoms with Gasteiger partial charge in [0.05, 0.1) is 0 Å². The maximum absolute atomic E-state index is 12.2. The number of aryl methyl sites for hydroxylation is 1. The van der Waals surface area contributed by atoms with Gasteiger partial charge in [-0.15, -0.1) is 24.0 Å². The summed E-state index contributed by atoms with van der Waals surface area (Å²) in [6.07, 6.45) is 0.478. The largest absolute Gasteiger partial charge is 0.474 e. The van der Waals surface area contributed by atoms with Crippen molar-refractivity contribution in [1.82, 2.24) is 9.88 Å². The summed E-state index contributed by atoms with van der Waals surface area (Å²) in [6.45, 7) is 8.39. The molecule has 0 spiro atoms. The van der Waals surface area contributed by atoms with Gasteiger partial charge in [-0.3, -0.25) is 0 Å². The standard InChI is InChI=1S/C21H28N2O4S2/c1-14-5-7-15(8-6-14)26-17(28)16-13-29-18(22-16)21(25)9-11-23(12-10-21)19(24)27-20(2,3)4/h5-8,13,17,25,28H,9-12H2,1-4H3. The van der Waals surface area contributed by atoms with Crippen molar-refractivity contribution in [2.45, 2.75) is 57.2 Å². The van der Waals surface area contributed by atoms with Crippen LogP contribution in [-0.2, 0) is 10.3 Å². The third-order valence-electron chi connectivity index (χ3n) is 4.68. The van der Waals surface area contributed by atoms with E-state index in [9.17, 15) is 9.90 Å². The van der Waals surface area contributed by atoms with Crippen molar-refractivity contribution < 1.29 is 19.4 Å². The van der Waals surface area contributed by atoms with Crippen molar-refractivity contribution in [3.8, 4) is 5.75 Å². The second-order valence-electron chi connectivity index (χ2n) is 8.36. The minimum Gasteiger partial charge on any atom is -0.474 e. The number of aliphatic hydroxyl groups is 1. The summed E-state index contributed by atoms with van der Waals surface area (Å²) >= 11 is 5.90. The zero-order valence-corrected chi connectivity index (χ0v) is 18.9. The quantitative estimate of drug-likeness (QED) is 0.538. The van der Waals surface area contributed by atoms with Crippen LogP contribution in [0.5, 0.6) is 5.75 Å². The fourth-order valence-corrected chi connectivity index (χ4v) is 4.36. The highest BCUT2D eigenvalue weighted by Crippen LogP contribution is 2.37. The number of rotatable bonds is 4. The molecule has 1 saturated heterocycles. The van der Waals surface area contributed by atoms with Crippen LogP contribution in [0.25, 0.3) is 0 Å². The first-order valence-electron chi connectivity index (χ1n) is 9.63. The zero-order valence-electron chi connectivity index (χ0n) is 17.2. The third kappa shape index (κ3) is 5.65. The summed E-state index contributed by atoms with van der Waals surface area (Å²) < 4.78 is 11.3. The molecule has 1 N–H and O–H groups in total. The molecule has 0 saturated carbocycles. The van der Waals surface area contributed by atoms with Crippen molar-refractivity contribution >= 4 is 30.1 Å². The molecule has 29 heavy (non-hydrogen) atoms. The monoisotopic (exact) mass is 436 g/mol. The number of hydrogen-bond acceptors (Lipinski definition) is 7. The Balaban J connectivity index is 1.61. The first-order chi connectivity index (χ1) is 13.6. The Bertz CT molecular complexity index is 837. The second-order valence-corrected chi connectivity index (χ2v) is 9.69.